The van der Waals surface area contributed by atoms with Gasteiger partial charge in [-0.05, 0) is 12.8 Å². The van der Waals surface area contributed by atoms with E-state index in [-0.39, 0.29) is 23.1 Å². The van der Waals surface area contributed by atoms with Crippen molar-refractivity contribution in [2.75, 3.05) is 6.61 Å². The minimum atomic E-state index is -0.0859. The average molecular weight is 182 g/mol. The van der Waals surface area contributed by atoms with Gasteiger partial charge in [0.15, 0.2) is 11.6 Å². The Kier molecular flexibility index (Phi) is 3.23. The highest BCUT2D eigenvalue weighted by atomic mass is 16.5. The standard InChI is InChI=1S/C10H14O3/c1-3-13-6-8-9(11)4-7(2)5-10(8)12/h6-7H,3-5H2,1-2H3. The summed E-state index contributed by atoms with van der Waals surface area (Å²) in [6.07, 6.45) is 2.23. The Morgan fingerprint density at radius 2 is 1.92 bits per heavy atom. The minimum Gasteiger partial charge on any atom is -0.501 e. The van der Waals surface area contributed by atoms with Gasteiger partial charge in [-0.1, -0.05) is 6.92 Å². The summed E-state index contributed by atoms with van der Waals surface area (Å²) in [6.45, 7) is 4.21. The van der Waals surface area contributed by atoms with E-state index >= 15 is 0 Å². The third-order valence-corrected chi connectivity index (χ3v) is 2.04. The molecule has 0 heterocycles. The molecule has 72 valence electrons. The number of rotatable bonds is 2. The predicted molar refractivity (Wildman–Crippen MR) is 48.1 cm³/mol. The van der Waals surface area contributed by atoms with Crippen LogP contribution in [0.4, 0.5) is 0 Å². The van der Waals surface area contributed by atoms with E-state index in [9.17, 15) is 9.59 Å². The van der Waals surface area contributed by atoms with Crippen LogP contribution >= 0.6 is 0 Å². The fourth-order valence-corrected chi connectivity index (χ4v) is 1.38. The van der Waals surface area contributed by atoms with E-state index in [1.807, 2.05) is 13.8 Å². The van der Waals surface area contributed by atoms with Crippen molar-refractivity contribution in [3.05, 3.63) is 11.8 Å². The Balaban J connectivity index is 2.73. The van der Waals surface area contributed by atoms with Gasteiger partial charge >= 0.3 is 0 Å². The fraction of sp³-hybridized carbons (Fsp3) is 0.600. The van der Waals surface area contributed by atoms with Crippen molar-refractivity contribution >= 4 is 11.6 Å². The van der Waals surface area contributed by atoms with Gasteiger partial charge in [0.05, 0.1) is 18.4 Å². The molecule has 1 saturated carbocycles. The molecule has 0 bridgehead atoms. The molecule has 0 spiro atoms. The van der Waals surface area contributed by atoms with Gasteiger partial charge in [0.2, 0.25) is 0 Å². The lowest BCUT2D eigenvalue weighted by atomic mass is 9.86. The number of carbonyl (C=O) groups excluding carboxylic acids is 2. The Bertz CT molecular complexity index is 233. The first-order chi connectivity index (χ1) is 6.15. The van der Waals surface area contributed by atoms with Gasteiger partial charge < -0.3 is 4.74 Å². The molecule has 0 amide bonds. The summed E-state index contributed by atoms with van der Waals surface area (Å²) in [7, 11) is 0. The first-order valence-corrected chi connectivity index (χ1v) is 4.53. The zero-order chi connectivity index (χ0) is 9.84. The summed E-state index contributed by atoms with van der Waals surface area (Å²) >= 11 is 0. The molecule has 1 fully saturated rings. The van der Waals surface area contributed by atoms with Gasteiger partial charge in [-0.2, -0.15) is 0 Å². The molecular formula is C10H14O3. The molecule has 1 aliphatic rings. The average Bonchev–Trinajstić information content (AvgIpc) is 2.02. The van der Waals surface area contributed by atoms with Gasteiger partial charge in [-0.25, -0.2) is 0 Å². The van der Waals surface area contributed by atoms with E-state index in [1.165, 1.54) is 6.26 Å². The first kappa shape index (κ1) is 9.96. The van der Waals surface area contributed by atoms with Crippen molar-refractivity contribution in [1.82, 2.24) is 0 Å². The van der Waals surface area contributed by atoms with Crippen molar-refractivity contribution in [3.8, 4) is 0 Å². The summed E-state index contributed by atoms with van der Waals surface area (Å²) in [4.78, 5) is 22.7. The van der Waals surface area contributed by atoms with Crippen LogP contribution < -0.4 is 0 Å². The highest BCUT2D eigenvalue weighted by molar-refractivity contribution is 6.21. The molecule has 0 aliphatic heterocycles. The molecule has 3 nitrogen and oxygen atoms in total. The maximum Gasteiger partial charge on any atom is 0.169 e. The summed E-state index contributed by atoms with van der Waals surface area (Å²) in [5.74, 6) is 0.00757. The monoisotopic (exact) mass is 182 g/mol. The number of Topliss-reactive ketones (excluding diaryl/α,β-unsaturated/α-hetero) is 2. The van der Waals surface area contributed by atoms with E-state index in [1.54, 1.807) is 0 Å². The molecule has 1 aliphatic carbocycles. The Hall–Kier alpha value is -1.12. The lowest BCUT2D eigenvalue weighted by Crippen LogP contribution is -2.24. The van der Waals surface area contributed by atoms with E-state index < -0.39 is 0 Å². The van der Waals surface area contributed by atoms with Gasteiger partial charge in [0.1, 0.15) is 0 Å². The molecular weight excluding hydrogens is 168 g/mol. The second kappa shape index (κ2) is 4.21. The van der Waals surface area contributed by atoms with Crippen molar-refractivity contribution in [3.63, 3.8) is 0 Å². The predicted octanol–water partition coefficient (Wildman–Crippen LogP) is 1.47. The van der Waals surface area contributed by atoms with E-state index in [0.717, 1.165) is 0 Å². The maximum absolute atomic E-state index is 11.4. The summed E-state index contributed by atoms with van der Waals surface area (Å²) in [5.41, 5.74) is 0.236. The van der Waals surface area contributed by atoms with Crippen LogP contribution in [0.2, 0.25) is 0 Å². The van der Waals surface area contributed by atoms with E-state index in [0.29, 0.717) is 19.4 Å². The molecule has 0 atom stereocenters. The first-order valence-electron chi connectivity index (χ1n) is 4.53. The number of ether oxygens (including phenoxy) is 1. The van der Waals surface area contributed by atoms with E-state index in [4.69, 9.17) is 4.74 Å². The number of carbonyl (C=O) groups is 2. The van der Waals surface area contributed by atoms with Crippen molar-refractivity contribution < 1.29 is 14.3 Å². The normalized spacial score (nSPS) is 23.2. The molecule has 3 heteroatoms. The van der Waals surface area contributed by atoms with Gasteiger partial charge in [0.25, 0.3) is 0 Å². The van der Waals surface area contributed by atoms with Crippen LogP contribution in [0.1, 0.15) is 26.7 Å². The molecule has 0 radical (unpaired) electrons. The second-order valence-corrected chi connectivity index (χ2v) is 3.35. The maximum atomic E-state index is 11.4. The zero-order valence-corrected chi connectivity index (χ0v) is 8.00. The van der Waals surface area contributed by atoms with Crippen LogP contribution in [0.25, 0.3) is 0 Å². The van der Waals surface area contributed by atoms with Crippen LogP contribution in [-0.2, 0) is 14.3 Å². The highest BCUT2D eigenvalue weighted by Gasteiger charge is 2.28. The highest BCUT2D eigenvalue weighted by Crippen LogP contribution is 2.21. The van der Waals surface area contributed by atoms with Crippen LogP contribution in [-0.4, -0.2) is 18.2 Å². The lowest BCUT2D eigenvalue weighted by molar-refractivity contribution is -0.125. The topological polar surface area (TPSA) is 43.4 Å². The number of ketones is 2. The summed E-state index contributed by atoms with van der Waals surface area (Å²) < 4.78 is 4.95. The quantitative estimate of drug-likeness (QED) is 0.369. The number of allylic oxidation sites excluding steroid dienone is 1. The molecule has 0 unspecified atom stereocenters. The summed E-state index contributed by atoms with van der Waals surface area (Å²) in [6, 6.07) is 0. The molecule has 0 N–H and O–H groups in total. The van der Waals surface area contributed by atoms with Crippen LogP contribution in [0.15, 0.2) is 11.8 Å². The van der Waals surface area contributed by atoms with Crippen LogP contribution in [0, 0.1) is 5.92 Å². The van der Waals surface area contributed by atoms with Crippen LogP contribution in [0.5, 0.6) is 0 Å². The van der Waals surface area contributed by atoms with Gasteiger partial charge in [-0.3, -0.25) is 9.59 Å². The molecule has 0 saturated heterocycles. The van der Waals surface area contributed by atoms with Crippen molar-refractivity contribution in [1.29, 1.82) is 0 Å². The van der Waals surface area contributed by atoms with Crippen molar-refractivity contribution in [2.45, 2.75) is 26.7 Å². The van der Waals surface area contributed by atoms with Gasteiger partial charge in [0, 0.05) is 12.8 Å². The molecule has 0 aromatic carbocycles. The van der Waals surface area contributed by atoms with E-state index in [2.05, 4.69) is 0 Å². The third kappa shape index (κ3) is 2.41. The summed E-state index contributed by atoms with van der Waals surface area (Å²) in [5, 5.41) is 0. The molecule has 1 rings (SSSR count). The third-order valence-electron chi connectivity index (χ3n) is 2.04. The van der Waals surface area contributed by atoms with Gasteiger partial charge in [-0.15, -0.1) is 0 Å². The van der Waals surface area contributed by atoms with Crippen molar-refractivity contribution in [2.24, 2.45) is 5.92 Å². The Labute approximate surface area is 77.8 Å². The Morgan fingerprint density at radius 3 is 2.38 bits per heavy atom. The molecule has 0 aromatic rings. The molecule has 0 aromatic heterocycles. The largest absolute Gasteiger partial charge is 0.501 e. The second-order valence-electron chi connectivity index (χ2n) is 3.35. The fourth-order valence-electron chi connectivity index (χ4n) is 1.38. The zero-order valence-electron chi connectivity index (χ0n) is 8.00. The SMILES string of the molecule is CCOC=C1C(=O)CC(C)CC1=O. The number of hydrogen-bond donors (Lipinski definition) is 0. The lowest BCUT2D eigenvalue weighted by Gasteiger charge is -2.17. The number of hydrogen-bond acceptors (Lipinski definition) is 3. The Morgan fingerprint density at radius 1 is 1.38 bits per heavy atom. The van der Waals surface area contributed by atoms with Crippen LogP contribution in [0.3, 0.4) is 0 Å². The molecule has 13 heavy (non-hydrogen) atoms. The minimum absolute atomic E-state index is 0.0859. The smallest absolute Gasteiger partial charge is 0.169 e.